The van der Waals surface area contributed by atoms with Crippen LogP contribution in [0.1, 0.15) is 6.92 Å². The van der Waals surface area contributed by atoms with Crippen LogP contribution in [0.2, 0.25) is 0 Å². The lowest BCUT2D eigenvalue weighted by molar-refractivity contribution is 0.0986. The predicted octanol–water partition coefficient (Wildman–Crippen LogP) is 1.09. The van der Waals surface area contributed by atoms with Gasteiger partial charge in [-0.2, -0.15) is 9.97 Å². The molecule has 2 fully saturated rings. The van der Waals surface area contributed by atoms with Crippen LogP contribution in [-0.2, 0) is 9.47 Å². The Bertz CT molecular complexity index is 689. The van der Waals surface area contributed by atoms with Crippen molar-refractivity contribution >= 4 is 22.8 Å². The van der Waals surface area contributed by atoms with Crippen molar-refractivity contribution < 1.29 is 9.47 Å². The summed E-state index contributed by atoms with van der Waals surface area (Å²) in [6.07, 6.45) is 1.78. The van der Waals surface area contributed by atoms with Gasteiger partial charge >= 0.3 is 0 Å². The molecule has 7 nitrogen and oxygen atoms in total. The van der Waals surface area contributed by atoms with E-state index in [4.69, 9.17) is 14.5 Å². The summed E-state index contributed by atoms with van der Waals surface area (Å²) >= 11 is 0. The molecule has 2 aromatic heterocycles. The molecule has 0 radical (unpaired) electrons. The van der Waals surface area contributed by atoms with E-state index in [-0.39, 0.29) is 0 Å². The van der Waals surface area contributed by atoms with Crippen molar-refractivity contribution in [1.82, 2.24) is 15.0 Å². The minimum Gasteiger partial charge on any atom is -0.378 e. The van der Waals surface area contributed by atoms with Crippen molar-refractivity contribution in [2.45, 2.75) is 13.0 Å². The molecule has 1 atom stereocenters. The number of hydrogen-bond acceptors (Lipinski definition) is 7. The summed E-state index contributed by atoms with van der Waals surface area (Å²) in [5.74, 6) is 1.70. The van der Waals surface area contributed by atoms with E-state index < -0.39 is 0 Å². The van der Waals surface area contributed by atoms with Crippen LogP contribution in [-0.4, -0.2) is 67.1 Å². The van der Waals surface area contributed by atoms with E-state index >= 15 is 0 Å². The van der Waals surface area contributed by atoms with Gasteiger partial charge in [-0.1, -0.05) is 0 Å². The lowest BCUT2D eigenvalue weighted by Crippen LogP contribution is -2.44. The van der Waals surface area contributed by atoms with E-state index in [0.717, 1.165) is 55.6 Å². The average molecular weight is 315 g/mol. The Morgan fingerprint density at radius 2 is 1.91 bits per heavy atom. The van der Waals surface area contributed by atoms with E-state index in [1.807, 2.05) is 12.1 Å². The van der Waals surface area contributed by atoms with Gasteiger partial charge in [0.2, 0.25) is 5.95 Å². The number of pyridine rings is 1. The summed E-state index contributed by atoms with van der Waals surface area (Å²) in [4.78, 5) is 18.5. The monoisotopic (exact) mass is 315 g/mol. The average Bonchev–Trinajstić information content (AvgIpc) is 2.62. The predicted molar refractivity (Wildman–Crippen MR) is 88.0 cm³/mol. The van der Waals surface area contributed by atoms with Gasteiger partial charge in [-0.25, -0.2) is 4.98 Å². The van der Waals surface area contributed by atoms with Crippen LogP contribution in [0.3, 0.4) is 0 Å². The molecule has 0 amide bonds. The molecule has 0 aromatic carbocycles. The molecule has 4 heterocycles. The standard InChI is InChI=1S/C16H21N5O2/c1-12-11-23-10-7-21(12)15-13-3-2-4-17-14(13)18-16(19-15)20-5-8-22-9-6-20/h2-4,12H,5-11H2,1H3/t12-/m0/s1. The molecule has 0 spiro atoms. The normalized spacial score (nSPS) is 22.6. The van der Waals surface area contributed by atoms with E-state index in [1.54, 1.807) is 6.20 Å². The number of hydrogen-bond donors (Lipinski definition) is 0. The van der Waals surface area contributed by atoms with Gasteiger partial charge in [-0.3, -0.25) is 0 Å². The Balaban J connectivity index is 1.80. The number of rotatable bonds is 2. The highest BCUT2D eigenvalue weighted by molar-refractivity contribution is 5.88. The zero-order chi connectivity index (χ0) is 15.6. The number of aromatic nitrogens is 3. The van der Waals surface area contributed by atoms with Crippen LogP contribution >= 0.6 is 0 Å². The largest absolute Gasteiger partial charge is 0.378 e. The Hall–Kier alpha value is -1.99. The third kappa shape index (κ3) is 2.82. The van der Waals surface area contributed by atoms with Gasteiger partial charge in [-0.15, -0.1) is 0 Å². The van der Waals surface area contributed by atoms with Crippen LogP contribution in [0, 0.1) is 0 Å². The molecule has 0 bridgehead atoms. The van der Waals surface area contributed by atoms with Gasteiger partial charge in [0.15, 0.2) is 5.65 Å². The van der Waals surface area contributed by atoms with Crippen molar-refractivity contribution in [2.24, 2.45) is 0 Å². The number of anilines is 2. The number of morpholine rings is 2. The molecule has 0 saturated carbocycles. The quantitative estimate of drug-likeness (QED) is 0.822. The molecule has 23 heavy (non-hydrogen) atoms. The topological polar surface area (TPSA) is 63.6 Å². The van der Waals surface area contributed by atoms with Crippen LogP contribution in [0.4, 0.5) is 11.8 Å². The molecule has 0 unspecified atom stereocenters. The second-order valence-corrected chi connectivity index (χ2v) is 5.94. The maximum atomic E-state index is 5.56. The molecule has 2 aliphatic rings. The van der Waals surface area contributed by atoms with Crippen molar-refractivity contribution in [3.05, 3.63) is 18.3 Å². The SMILES string of the molecule is C[C@H]1COCCN1c1nc(N2CCOCC2)nc2ncccc12. The first-order chi connectivity index (χ1) is 11.3. The summed E-state index contributed by atoms with van der Waals surface area (Å²) in [6, 6.07) is 4.28. The van der Waals surface area contributed by atoms with E-state index in [0.29, 0.717) is 19.3 Å². The second kappa shape index (κ2) is 6.25. The van der Waals surface area contributed by atoms with Crippen LogP contribution < -0.4 is 9.80 Å². The first-order valence-electron chi connectivity index (χ1n) is 8.13. The third-order valence-corrected chi connectivity index (χ3v) is 4.37. The highest BCUT2D eigenvalue weighted by atomic mass is 16.5. The molecular weight excluding hydrogens is 294 g/mol. The number of ether oxygens (including phenoxy) is 2. The van der Waals surface area contributed by atoms with Crippen LogP contribution in [0.25, 0.3) is 11.0 Å². The smallest absolute Gasteiger partial charge is 0.229 e. The second-order valence-electron chi connectivity index (χ2n) is 5.94. The fourth-order valence-electron chi connectivity index (χ4n) is 3.10. The Labute approximate surface area is 135 Å². The highest BCUT2D eigenvalue weighted by Gasteiger charge is 2.25. The first-order valence-corrected chi connectivity index (χ1v) is 8.13. The molecule has 122 valence electrons. The summed E-state index contributed by atoms with van der Waals surface area (Å²) < 4.78 is 11.0. The molecule has 7 heteroatoms. The van der Waals surface area contributed by atoms with Crippen molar-refractivity contribution in [1.29, 1.82) is 0 Å². The highest BCUT2D eigenvalue weighted by Crippen LogP contribution is 2.28. The maximum Gasteiger partial charge on any atom is 0.229 e. The van der Waals surface area contributed by atoms with E-state index in [1.165, 1.54) is 0 Å². The van der Waals surface area contributed by atoms with E-state index in [9.17, 15) is 0 Å². The molecule has 2 aromatic rings. The van der Waals surface area contributed by atoms with Gasteiger partial charge in [-0.05, 0) is 19.1 Å². The molecule has 2 saturated heterocycles. The lowest BCUT2D eigenvalue weighted by atomic mass is 10.2. The summed E-state index contributed by atoms with van der Waals surface area (Å²) in [6.45, 7) is 7.51. The number of fused-ring (bicyclic) bond motifs is 1. The van der Waals surface area contributed by atoms with Gasteiger partial charge < -0.3 is 19.3 Å². The van der Waals surface area contributed by atoms with E-state index in [2.05, 4.69) is 26.7 Å². The minimum absolute atomic E-state index is 0.291. The zero-order valence-electron chi connectivity index (χ0n) is 13.3. The fourth-order valence-corrected chi connectivity index (χ4v) is 3.10. The summed E-state index contributed by atoms with van der Waals surface area (Å²) in [5, 5.41) is 0.998. The van der Waals surface area contributed by atoms with Gasteiger partial charge in [0.05, 0.1) is 37.9 Å². The van der Waals surface area contributed by atoms with Crippen molar-refractivity contribution in [3.8, 4) is 0 Å². The van der Waals surface area contributed by atoms with Crippen molar-refractivity contribution in [2.75, 3.05) is 55.9 Å². The Morgan fingerprint density at radius 1 is 1.09 bits per heavy atom. The van der Waals surface area contributed by atoms with Gasteiger partial charge in [0.1, 0.15) is 5.82 Å². The molecule has 4 rings (SSSR count). The fraction of sp³-hybridized carbons (Fsp3) is 0.562. The minimum atomic E-state index is 0.291. The Morgan fingerprint density at radius 3 is 2.74 bits per heavy atom. The number of nitrogens with zero attached hydrogens (tertiary/aromatic N) is 5. The summed E-state index contributed by atoms with van der Waals surface area (Å²) in [7, 11) is 0. The third-order valence-electron chi connectivity index (χ3n) is 4.37. The van der Waals surface area contributed by atoms with Crippen molar-refractivity contribution in [3.63, 3.8) is 0 Å². The Kier molecular flexibility index (Phi) is 3.97. The van der Waals surface area contributed by atoms with Crippen LogP contribution in [0.5, 0.6) is 0 Å². The molecular formula is C16H21N5O2. The molecule has 0 N–H and O–H groups in total. The molecule has 0 aliphatic carbocycles. The molecule has 2 aliphatic heterocycles. The summed E-state index contributed by atoms with van der Waals surface area (Å²) in [5.41, 5.74) is 0.748. The van der Waals surface area contributed by atoms with Crippen LogP contribution in [0.15, 0.2) is 18.3 Å². The lowest BCUT2D eigenvalue weighted by Gasteiger charge is -2.35. The zero-order valence-corrected chi connectivity index (χ0v) is 13.3. The van der Waals surface area contributed by atoms with Gasteiger partial charge in [0, 0.05) is 25.8 Å². The van der Waals surface area contributed by atoms with Gasteiger partial charge in [0.25, 0.3) is 0 Å². The first kappa shape index (κ1) is 14.6. The maximum absolute atomic E-state index is 5.56.